The fraction of sp³-hybridized carbons (Fsp3) is 0.200. The minimum absolute atomic E-state index is 0.328. The number of fused-ring (bicyclic) bond motifs is 1. The zero-order valence-electron chi connectivity index (χ0n) is 18.0. The molecule has 33 heavy (non-hydrogen) atoms. The monoisotopic (exact) mass is 464 g/mol. The van der Waals surface area contributed by atoms with Crippen LogP contribution in [-0.2, 0) is 14.4 Å². The number of hydroxylamine groups is 1. The summed E-state index contributed by atoms with van der Waals surface area (Å²) in [6, 6.07) is 20.9. The smallest absolute Gasteiger partial charge is 0.266 e. The highest BCUT2D eigenvalue weighted by atomic mass is 35.5. The topological polar surface area (TPSA) is 68.3 Å². The van der Waals surface area contributed by atoms with Gasteiger partial charge < -0.3 is 9.47 Å². The van der Waals surface area contributed by atoms with E-state index in [1.807, 2.05) is 42.5 Å². The Hall–Kier alpha value is -3.55. The third-order valence-electron chi connectivity index (χ3n) is 5.96. The summed E-state index contributed by atoms with van der Waals surface area (Å²) in [5.41, 5.74) is 1.97. The van der Waals surface area contributed by atoms with Crippen LogP contribution in [0.15, 0.2) is 72.8 Å². The molecule has 168 valence electrons. The Morgan fingerprint density at radius 1 is 0.818 bits per heavy atom. The Balaban J connectivity index is 1.60. The summed E-state index contributed by atoms with van der Waals surface area (Å²) in [4.78, 5) is 34.3. The number of carbonyl (C=O) groups is 2. The van der Waals surface area contributed by atoms with E-state index < -0.39 is 24.0 Å². The Bertz CT molecular complexity index is 1200. The lowest BCUT2D eigenvalue weighted by atomic mass is 9.90. The molecular formula is C25H21ClN2O5. The second kappa shape index (κ2) is 8.42. The molecule has 2 amide bonds. The van der Waals surface area contributed by atoms with Crippen LogP contribution in [0.1, 0.15) is 11.6 Å². The van der Waals surface area contributed by atoms with Crippen LogP contribution in [0.2, 0.25) is 5.02 Å². The summed E-state index contributed by atoms with van der Waals surface area (Å²) in [5, 5.41) is 2.17. The van der Waals surface area contributed by atoms with E-state index >= 15 is 0 Å². The molecule has 0 aromatic heterocycles. The Morgan fingerprint density at radius 2 is 1.52 bits per heavy atom. The fourth-order valence-electron chi connectivity index (χ4n) is 4.43. The van der Waals surface area contributed by atoms with Crippen molar-refractivity contribution in [2.45, 2.75) is 12.1 Å². The SMILES string of the molecule is COc1ccc([C@@H]2[C@@H]3C(=O)N(c4ccc(Cl)cc4)C(=O)[C@H]3ON2c2ccccc2)cc1OC. The summed E-state index contributed by atoms with van der Waals surface area (Å²) in [6.45, 7) is 0. The van der Waals surface area contributed by atoms with Gasteiger partial charge >= 0.3 is 0 Å². The van der Waals surface area contributed by atoms with E-state index in [0.717, 1.165) is 11.3 Å². The van der Waals surface area contributed by atoms with Gasteiger partial charge in [0, 0.05) is 5.02 Å². The van der Waals surface area contributed by atoms with Crippen LogP contribution in [0.3, 0.4) is 0 Å². The molecule has 3 atom stereocenters. The summed E-state index contributed by atoms with van der Waals surface area (Å²) in [6.07, 6.45) is -0.952. The minimum Gasteiger partial charge on any atom is -0.493 e. The molecule has 0 radical (unpaired) electrons. The van der Waals surface area contributed by atoms with E-state index in [2.05, 4.69) is 0 Å². The van der Waals surface area contributed by atoms with Crippen molar-refractivity contribution in [1.82, 2.24) is 0 Å². The molecule has 2 saturated heterocycles. The lowest BCUT2D eigenvalue weighted by molar-refractivity contribution is -0.126. The lowest BCUT2D eigenvalue weighted by Gasteiger charge is -2.29. The van der Waals surface area contributed by atoms with Crippen LogP contribution in [0.5, 0.6) is 11.5 Å². The number of nitrogens with zero attached hydrogens (tertiary/aromatic N) is 2. The van der Waals surface area contributed by atoms with Gasteiger partial charge in [-0.2, -0.15) is 0 Å². The maximum absolute atomic E-state index is 13.6. The van der Waals surface area contributed by atoms with Gasteiger partial charge in [-0.05, 0) is 54.1 Å². The highest BCUT2D eigenvalue weighted by Gasteiger charge is 2.60. The van der Waals surface area contributed by atoms with Crippen molar-refractivity contribution in [3.63, 3.8) is 0 Å². The van der Waals surface area contributed by atoms with Gasteiger partial charge in [0.2, 0.25) is 5.91 Å². The molecule has 2 heterocycles. The number of methoxy groups -OCH3 is 2. The predicted molar refractivity (Wildman–Crippen MR) is 124 cm³/mol. The highest BCUT2D eigenvalue weighted by molar-refractivity contribution is 6.31. The van der Waals surface area contributed by atoms with Crippen LogP contribution >= 0.6 is 11.6 Å². The summed E-state index contributed by atoms with van der Waals surface area (Å²) < 4.78 is 10.8. The standard InChI is InChI=1S/C25H21ClN2O5/c1-31-19-13-8-15(14-20(19)32-2)22-21-23(33-28(22)18-6-4-3-5-7-18)25(30)27(24(21)29)17-11-9-16(26)10-12-17/h3-14,21-23H,1-2H3/t21-,22+,23-/m0/s1. The van der Waals surface area contributed by atoms with Gasteiger partial charge in [-0.25, -0.2) is 9.96 Å². The first kappa shape index (κ1) is 21.3. The number of hydrogen-bond acceptors (Lipinski definition) is 6. The average molecular weight is 465 g/mol. The number of halogens is 1. The number of anilines is 2. The van der Waals surface area contributed by atoms with E-state index in [1.54, 1.807) is 49.6 Å². The molecule has 5 rings (SSSR count). The molecule has 0 aliphatic carbocycles. The van der Waals surface area contributed by atoms with Crippen molar-refractivity contribution in [1.29, 1.82) is 0 Å². The molecule has 8 heteroatoms. The molecule has 0 bridgehead atoms. The van der Waals surface area contributed by atoms with Crippen molar-refractivity contribution < 1.29 is 23.9 Å². The van der Waals surface area contributed by atoms with Crippen LogP contribution in [0.4, 0.5) is 11.4 Å². The summed E-state index contributed by atoms with van der Waals surface area (Å²) in [5.74, 6) is -0.384. The van der Waals surface area contributed by atoms with Crippen LogP contribution in [-0.4, -0.2) is 32.1 Å². The Kier molecular flexibility index (Phi) is 5.44. The Labute approximate surface area is 196 Å². The first-order chi connectivity index (χ1) is 16.0. The second-order valence-corrected chi connectivity index (χ2v) is 8.20. The van der Waals surface area contributed by atoms with Gasteiger partial charge in [-0.3, -0.25) is 14.4 Å². The molecule has 7 nitrogen and oxygen atoms in total. The van der Waals surface area contributed by atoms with Gasteiger partial charge in [-0.1, -0.05) is 35.9 Å². The van der Waals surface area contributed by atoms with Gasteiger partial charge in [0.25, 0.3) is 5.91 Å². The van der Waals surface area contributed by atoms with Gasteiger partial charge in [0.15, 0.2) is 17.6 Å². The number of imide groups is 1. The molecule has 2 aliphatic heterocycles. The molecule has 3 aromatic carbocycles. The molecule has 3 aromatic rings. The predicted octanol–water partition coefficient (Wildman–Crippen LogP) is 4.41. The fourth-order valence-corrected chi connectivity index (χ4v) is 4.56. The van der Waals surface area contributed by atoms with Crippen LogP contribution in [0.25, 0.3) is 0 Å². The molecule has 2 aliphatic rings. The maximum Gasteiger partial charge on any atom is 0.266 e. The normalized spacial score (nSPS) is 22.0. The summed E-state index contributed by atoms with van der Waals surface area (Å²) >= 11 is 5.99. The third-order valence-corrected chi connectivity index (χ3v) is 6.21. The number of ether oxygens (including phenoxy) is 2. The number of rotatable bonds is 5. The van der Waals surface area contributed by atoms with Gasteiger partial charge in [0.05, 0.1) is 31.6 Å². The first-order valence-electron chi connectivity index (χ1n) is 10.4. The molecular weight excluding hydrogens is 444 g/mol. The zero-order chi connectivity index (χ0) is 23.1. The molecule has 2 fully saturated rings. The van der Waals surface area contributed by atoms with Crippen molar-refractivity contribution >= 4 is 34.8 Å². The third kappa shape index (κ3) is 3.50. The lowest BCUT2D eigenvalue weighted by Crippen LogP contribution is -2.37. The van der Waals surface area contributed by atoms with E-state index in [0.29, 0.717) is 22.2 Å². The number of amides is 2. The van der Waals surface area contributed by atoms with Crippen LogP contribution in [0, 0.1) is 5.92 Å². The van der Waals surface area contributed by atoms with E-state index in [1.165, 1.54) is 4.90 Å². The molecule has 0 N–H and O–H groups in total. The quantitative estimate of drug-likeness (QED) is 0.521. The Morgan fingerprint density at radius 3 is 2.18 bits per heavy atom. The number of benzene rings is 3. The zero-order valence-corrected chi connectivity index (χ0v) is 18.7. The van der Waals surface area contributed by atoms with E-state index in [-0.39, 0.29) is 5.91 Å². The van der Waals surface area contributed by atoms with Crippen molar-refractivity contribution in [3.8, 4) is 11.5 Å². The first-order valence-corrected chi connectivity index (χ1v) is 10.8. The largest absolute Gasteiger partial charge is 0.493 e. The van der Waals surface area contributed by atoms with Gasteiger partial charge in [0.1, 0.15) is 5.92 Å². The van der Waals surface area contributed by atoms with Crippen molar-refractivity contribution in [3.05, 3.63) is 83.4 Å². The molecule has 0 unspecified atom stereocenters. The average Bonchev–Trinajstić information content (AvgIpc) is 3.36. The maximum atomic E-state index is 13.6. The second-order valence-electron chi connectivity index (χ2n) is 7.76. The number of hydrogen-bond donors (Lipinski definition) is 0. The van der Waals surface area contributed by atoms with E-state index in [9.17, 15) is 9.59 Å². The molecule has 0 spiro atoms. The van der Waals surface area contributed by atoms with E-state index in [4.69, 9.17) is 25.9 Å². The minimum atomic E-state index is -0.952. The van der Waals surface area contributed by atoms with Gasteiger partial charge in [-0.15, -0.1) is 0 Å². The van der Waals surface area contributed by atoms with Crippen LogP contribution < -0.4 is 19.4 Å². The van der Waals surface area contributed by atoms with Crippen molar-refractivity contribution in [2.75, 3.05) is 24.2 Å². The highest BCUT2D eigenvalue weighted by Crippen LogP contribution is 2.48. The summed E-state index contributed by atoms with van der Waals surface area (Å²) in [7, 11) is 3.11. The number of para-hydroxylation sites is 1. The number of carbonyl (C=O) groups excluding carboxylic acids is 2. The molecule has 0 saturated carbocycles. The van der Waals surface area contributed by atoms with Crippen molar-refractivity contribution in [2.24, 2.45) is 5.92 Å².